The van der Waals surface area contributed by atoms with Crippen LogP contribution in [-0.2, 0) is 16.1 Å². The number of hydrogen-bond acceptors (Lipinski definition) is 6. The number of benzene rings is 2. The number of hydrogen-bond donors (Lipinski definition) is 0. The number of esters is 1. The van der Waals surface area contributed by atoms with Crippen molar-refractivity contribution in [3.63, 3.8) is 0 Å². The first-order valence-corrected chi connectivity index (χ1v) is 10.9. The van der Waals surface area contributed by atoms with Gasteiger partial charge < -0.3 is 14.4 Å². The van der Waals surface area contributed by atoms with E-state index in [2.05, 4.69) is 4.99 Å². The van der Waals surface area contributed by atoms with E-state index in [1.165, 1.54) is 0 Å². The van der Waals surface area contributed by atoms with Gasteiger partial charge in [0.05, 0.1) is 23.9 Å². The number of carbonyl (C=O) groups excluding carboxylic acids is 1. The van der Waals surface area contributed by atoms with E-state index in [9.17, 15) is 4.79 Å². The summed E-state index contributed by atoms with van der Waals surface area (Å²) in [6.45, 7) is 4.43. The number of nitrogens with zero attached hydrogens (tertiary/aromatic N) is 2. The molecule has 0 radical (unpaired) electrons. The maximum absolute atomic E-state index is 12.7. The largest absolute Gasteiger partial charge is 0.489 e. The van der Waals surface area contributed by atoms with E-state index in [1.807, 2.05) is 72.0 Å². The van der Waals surface area contributed by atoms with E-state index in [1.54, 1.807) is 18.7 Å². The number of rotatable bonds is 6. The molecule has 1 atom stereocenters. The summed E-state index contributed by atoms with van der Waals surface area (Å²) in [5.41, 5.74) is 3.25. The van der Waals surface area contributed by atoms with Crippen molar-refractivity contribution in [2.24, 2.45) is 4.99 Å². The molecule has 0 bridgehead atoms. The van der Waals surface area contributed by atoms with Gasteiger partial charge in [-0.2, -0.15) is 0 Å². The molecule has 2 aromatic carbocycles. The lowest BCUT2D eigenvalue weighted by atomic mass is 9.95. The van der Waals surface area contributed by atoms with Gasteiger partial charge in [-0.05, 0) is 54.6 Å². The Balaban J connectivity index is 1.56. The molecule has 0 fully saturated rings. The van der Waals surface area contributed by atoms with Crippen molar-refractivity contribution in [3.05, 3.63) is 87.6 Å². The van der Waals surface area contributed by atoms with Crippen LogP contribution in [0, 0.1) is 0 Å². The van der Waals surface area contributed by atoms with Gasteiger partial charge in [0.1, 0.15) is 12.4 Å². The van der Waals surface area contributed by atoms with Crippen LogP contribution in [0.2, 0.25) is 5.02 Å². The molecule has 7 heteroatoms. The van der Waals surface area contributed by atoms with Crippen molar-refractivity contribution in [1.29, 1.82) is 0 Å². The Morgan fingerprint density at radius 1 is 1.17 bits per heavy atom. The third kappa shape index (κ3) is 4.25. The Bertz CT molecular complexity index is 1030. The number of ether oxygens (including phenoxy) is 2. The molecule has 30 heavy (non-hydrogen) atoms. The highest BCUT2D eigenvalue weighted by atomic mass is 35.5. The van der Waals surface area contributed by atoms with Gasteiger partial charge in [0, 0.05) is 11.2 Å². The van der Waals surface area contributed by atoms with E-state index < -0.39 is 0 Å². The van der Waals surface area contributed by atoms with Crippen LogP contribution in [-0.4, -0.2) is 22.6 Å². The Morgan fingerprint density at radius 2 is 1.90 bits per heavy atom. The van der Waals surface area contributed by atoms with E-state index in [0.717, 1.165) is 22.0 Å². The van der Waals surface area contributed by atoms with Gasteiger partial charge >= 0.3 is 5.97 Å². The predicted octanol–water partition coefficient (Wildman–Crippen LogP) is 5.69. The minimum Gasteiger partial charge on any atom is -0.489 e. The summed E-state index contributed by atoms with van der Waals surface area (Å²) in [6.07, 6.45) is 1.95. The van der Waals surface area contributed by atoms with Gasteiger partial charge in [0.2, 0.25) is 0 Å². The maximum atomic E-state index is 12.7. The number of thioether (sulfide) groups is 1. The van der Waals surface area contributed by atoms with Crippen molar-refractivity contribution >= 4 is 34.5 Å². The van der Waals surface area contributed by atoms with Gasteiger partial charge in [0.25, 0.3) is 0 Å². The molecule has 0 aromatic heterocycles. The Kier molecular flexibility index (Phi) is 6.16. The average Bonchev–Trinajstić information content (AvgIpc) is 3.21. The average molecular weight is 441 g/mol. The second kappa shape index (κ2) is 8.98. The summed E-state index contributed by atoms with van der Waals surface area (Å²) >= 11 is 7.47. The highest BCUT2D eigenvalue weighted by Crippen LogP contribution is 2.41. The highest BCUT2D eigenvalue weighted by Gasteiger charge is 2.37. The summed E-state index contributed by atoms with van der Waals surface area (Å²) in [5, 5.41) is 3.53. The maximum Gasteiger partial charge on any atom is 0.338 e. The van der Waals surface area contributed by atoms with E-state index in [0.29, 0.717) is 29.5 Å². The molecule has 0 amide bonds. The fourth-order valence-corrected chi connectivity index (χ4v) is 4.31. The minimum absolute atomic E-state index is 0.284. The lowest BCUT2D eigenvalue weighted by Gasteiger charge is -2.33. The molecular formula is C23H21ClN2O3S. The number of allylic oxidation sites excluding steroid dienone is 1. The lowest BCUT2D eigenvalue weighted by Crippen LogP contribution is -2.34. The zero-order valence-corrected chi connectivity index (χ0v) is 18.2. The van der Waals surface area contributed by atoms with Crippen LogP contribution < -0.4 is 4.74 Å². The number of aliphatic imine (C=N–C) groups is 1. The Labute approximate surface area is 185 Å². The molecule has 2 heterocycles. The quantitative estimate of drug-likeness (QED) is 0.540. The molecule has 0 saturated carbocycles. The van der Waals surface area contributed by atoms with Crippen LogP contribution in [0.5, 0.6) is 5.75 Å². The fourth-order valence-electron chi connectivity index (χ4n) is 3.39. The Morgan fingerprint density at radius 3 is 2.60 bits per heavy atom. The van der Waals surface area contributed by atoms with Gasteiger partial charge in [-0.25, -0.2) is 9.79 Å². The standard InChI is InChI=1S/C23H21ClN2O3S/c1-3-28-22(27)20-15(2)25-23-26(12-13-30-23)21(20)17-6-10-19(11-7-17)29-14-16-4-8-18(24)9-5-16/h4-13,21H,3,14H2,1-2H3/t21-/m1/s1. The van der Waals surface area contributed by atoms with Crippen molar-refractivity contribution < 1.29 is 14.3 Å². The first-order valence-electron chi connectivity index (χ1n) is 9.62. The second-order valence-corrected chi connectivity index (χ2v) is 8.12. The molecule has 0 aliphatic carbocycles. The summed E-state index contributed by atoms with van der Waals surface area (Å²) in [5.74, 6) is 0.416. The topological polar surface area (TPSA) is 51.1 Å². The summed E-state index contributed by atoms with van der Waals surface area (Å²) in [4.78, 5) is 19.3. The van der Waals surface area contributed by atoms with Crippen LogP contribution in [0.15, 0.2) is 76.4 Å². The molecule has 2 aromatic rings. The Hall–Kier alpha value is -2.70. The zero-order valence-electron chi connectivity index (χ0n) is 16.7. The van der Waals surface area contributed by atoms with E-state index >= 15 is 0 Å². The normalized spacial score (nSPS) is 17.6. The zero-order chi connectivity index (χ0) is 21.1. The van der Waals surface area contributed by atoms with Crippen LogP contribution in [0.3, 0.4) is 0 Å². The molecule has 2 aliphatic heterocycles. The van der Waals surface area contributed by atoms with Crippen molar-refractivity contribution in [1.82, 2.24) is 4.90 Å². The van der Waals surface area contributed by atoms with Crippen molar-refractivity contribution in [3.8, 4) is 5.75 Å². The van der Waals surface area contributed by atoms with Crippen LogP contribution in [0.1, 0.15) is 31.0 Å². The van der Waals surface area contributed by atoms with E-state index in [-0.39, 0.29) is 12.0 Å². The SMILES string of the molecule is CCOC(=O)C1=C(C)N=C2SC=CN2[C@@H]1c1ccc(OCc2ccc(Cl)cc2)cc1. The van der Waals surface area contributed by atoms with Gasteiger partial charge in [-0.3, -0.25) is 0 Å². The van der Waals surface area contributed by atoms with Gasteiger partial charge in [0.15, 0.2) is 5.17 Å². The number of halogens is 1. The smallest absolute Gasteiger partial charge is 0.338 e. The monoisotopic (exact) mass is 440 g/mol. The van der Waals surface area contributed by atoms with E-state index in [4.69, 9.17) is 21.1 Å². The molecule has 154 valence electrons. The first kappa shape index (κ1) is 20.6. The van der Waals surface area contributed by atoms with Gasteiger partial charge in [-0.1, -0.05) is 47.6 Å². The molecule has 0 unspecified atom stereocenters. The first-order chi connectivity index (χ1) is 14.6. The van der Waals surface area contributed by atoms with Crippen LogP contribution in [0.25, 0.3) is 0 Å². The van der Waals surface area contributed by atoms with Crippen molar-refractivity contribution in [2.75, 3.05) is 6.61 Å². The van der Waals surface area contributed by atoms with Gasteiger partial charge in [-0.15, -0.1) is 0 Å². The molecular weight excluding hydrogens is 420 g/mol. The predicted molar refractivity (Wildman–Crippen MR) is 120 cm³/mol. The summed E-state index contributed by atoms with van der Waals surface area (Å²) in [6, 6.07) is 15.1. The molecule has 2 aliphatic rings. The lowest BCUT2D eigenvalue weighted by molar-refractivity contribution is -0.139. The number of carbonyl (C=O) groups is 1. The van der Waals surface area contributed by atoms with Crippen LogP contribution in [0.4, 0.5) is 0 Å². The molecule has 0 saturated heterocycles. The second-order valence-electron chi connectivity index (χ2n) is 6.81. The molecule has 4 rings (SSSR count). The number of amidine groups is 1. The molecule has 0 N–H and O–H groups in total. The highest BCUT2D eigenvalue weighted by molar-refractivity contribution is 8.16. The minimum atomic E-state index is -0.337. The summed E-state index contributed by atoms with van der Waals surface area (Å²) in [7, 11) is 0. The fraction of sp³-hybridized carbons (Fsp3) is 0.217. The van der Waals surface area contributed by atoms with Crippen molar-refractivity contribution in [2.45, 2.75) is 26.5 Å². The summed E-state index contributed by atoms with van der Waals surface area (Å²) < 4.78 is 11.2. The molecule has 0 spiro atoms. The van der Waals surface area contributed by atoms with Crippen LogP contribution >= 0.6 is 23.4 Å². The number of fused-ring (bicyclic) bond motifs is 1. The third-order valence-corrected chi connectivity index (χ3v) is 5.85. The molecule has 5 nitrogen and oxygen atoms in total. The third-order valence-electron chi connectivity index (χ3n) is 4.83.